The Morgan fingerprint density at radius 3 is 1.38 bits per heavy atom. The van der Waals surface area contributed by atoms with Crippen LogP contribution in [0.15, 0.2) is 352 Å². The van der Waals surface area contributed by atoms with Gasteiger partial charge in [0.15, 0.2) is 5.82 Å². The molecule has 0 amide bonds. The minimum Gasteiger partial charge on any atom is -0.308 e. The van der Waals surface area contributed by atoms with Gasteiger partial charge < -0.3 is 8.80 Å². The fraction of sp³-hybridized carbons (Fsp3) is 0. The summed E-state index contributed by atoms with van der Waals surface area (Å²) in [6, 6.07) is 129. The zero-order valence-electron chi connectivity index (χ0n) is 59.1. The standard InChI is InChI=1S/C102H58N8/c1-2-20-59(21-3-1)67-47-50-91-79(54-67)84-58-83-80-55-69(48-51-90(80)107-88-36-18-13-31-77(88)94(97(83)107)99(84)110(91)102-104-85-33-15-10-29-75(85)95(105-102)70-45-39-61-23-5-7-25-65(61)53-70)72-27-9-8-26-71(72)62-40-42-63(43-41-62)100-103-86-34-16-11-30-76(86)101(106-100)109-87-35-17-12-28-73(87)81-57-82-74-49-46-68(66-44-38-60-22-4-6-24-64(60)52-66)56-92(74)108-89-37-19-14-32-78(89)93(96(82)108)98(81)109/h1-58H. The molecule has 0 unspecified atom stereocenters. The molecule has 0 aliphatic carbocycles. The zero-order chi connectivity index (χ0) is 71.6. The summed E-state index contributed by atoms with van der Waals surface area (Å²) in [5, 5.41) is 21.1. The maximum absolute atomic E-state index is 5.74. The van der Waals surface area contributed by atoms with Crippen LogP contribution >= 0.6 is 0 Å². The van der Waals surface area contributed by atoms with Crippen molar-refractivity contribution in [1.29, 1.82) is 0 Å². The summed E-state index contributed by atoms with van der Waals surface area (Å²) in [5.74, 6) is 2.13. The van der Waals surface area contributed by atoms with E-state index < -0.39 is 0 Å². The van der Waals surface area contributed by atoms with Crippen molar-refractivity contribution in [3.63, 3.8) is 0 Å². The topological polar surface area (TPSA) is 70.2 Å². The van der Waals surface area contributed by atoms with E-state index in [1.165, 1.54) is 109 Å². The lowest BCUT2D eigenvalue weighted by molar-refractivity contribution is 1.02. The van der Waals surface area contributed by atoms with Crippen molar-refractivity contribution in [3.05, 3.63) is 352 Å². The lowest BCUT2D eigenvalue weighted by Crippen LogP contribution is -2.03. The molecular weight excluding hydrogens is 1340 g/mol. The number of hydrogen-bond acceptors (Lipinski definition) is 4. The maximum Gasteiger partial charge on any atom is 0.235 e. The predicted molar refractivity (Wildman–Crippen MR) is 458 cm³/mol. The maximum atomic E-state index is 5.74. The Labute approximate surface area is 627 Å². The normalized spacial score (nSPS) is 12.4. The molecular formula is C102H58N8. The molecule has 0 bridgehead atoms. The first-order chi connectivity index (χ1) is 54.5. The predicted octanol–water partition coefficient (Wildman–Crippen LogP) is 26.4. The largest absolute Gasteiger partial charge is 0.308 e. The molecule has 110 heavy (non-hydrogen) atoms. The van der Waals surface area contributed by atoms with E-state index in [1.54, 1.807) is 0 Å². The van der Waals surface area contributed by atoms with Gasteiger partial charge in [0.05, 0.1) is 71.9 Å². The Morgan fingerprint density at radius 1 is 0.200 bits per heavy atom. The summed E-state index contributed by atoms with van der Waals surface area (Å²) in [6.45, 7) is 0. The van der Waals surface area contributed by atoms with E-state index in [0.29, 0.717) is 11.8 Å². The second kappa shape index (κ2) is 22.4. The fourth-order valence-electron chi connectivity index (χ4n) is 18.9. The number of nitrogens with zero attached hydrogens (tertiary/aromatic N) is 8. The van der Waals surface area contributed by atoms with Crippen LogP contribution in [0.1, 0.15) is 0 Å². The zero-order valence-corrected chi connectivity index (χ0v) is 59.1. The Hall–Kier alpha value is -14.9. The Balaban J connectivity index is 0.644. The summed E-state index contributed by atoms with van der Waals surface area (Å²) in [5.41, 5.74) is 25.2. The van der Waals surface area contributed by atoms with Crippen LogP contribution in [-0.4, -0.2) is 37.9 Å². The summed E-state index contributed by atoms with van der Waals surface area (Å²) >= 11 is 0. The number of hydrogen-bond donors (Lipinski definition) is 0. The van der Waals surface area contributed by atoms with E-state index in [0.717, 1.165) is 122 Å². The molecule has 0 atom stereocenters. The van der Waals surface area contributed by atoms with Crippen molar-refractivity contribution in [3.8, 4) is 78.9 Å². The first-order valence-electron chi connectivity index (χ1n) is 37.7. The van der Waals surface area contributed by atoms with Crippen LogP contribution in [-0.2, 0) is 0 Å². The van der Waals surface area contributed by atoms with Crippen LogP contribution in [0.4, 0.5) is 0 Å². The average molecular weight is 1400 g/mol. The lowest BCUT2D eigenvalue weighted by Gasteiger charge is -2.14. The van der Waals surface area contributed by atoms with E-state index in [2.05, 4.69) is 370 Å². The number of benzene rings is 17. The average Bonchev–Trinajstić information content (AvgIpc) is 1.52. The highest BCUT2D eigenvalue weighted by molar-refractivity contribution is 6.36. The first-order valence-corrected chi connectivity index (χ1v) is 37.7. The molecule has 0 radical (unpaired) electrons. The molecule has 0 spiro atoms. The minimum atomic E-state index is 0.627. The van der Waals surface area contributed by atoms with Gasteiger partial charge in [0.1, 0.15) is 5.82 Å². The highest BCUT2D eigenvalue weighted by atomic mass is 15.2. The lowest BCUT2D eigenvalue weighted by atomic mass is 9.93. The molecule has 0 saturated carbocycles. The van der Waals surface area contributed by atoms with Crippen LogP contribution in [0.3, 0.4) is 0 Å². The van der Waals surface area contributed by atoms with Crippen LogP contribution in [0.5, 0.6) is 0 Å². The van der Waals surface area contributed by atoms with Gasteiger partial charge in [-0.3, -0.25) is 9.13 Å². The molecule has 8 nitrogen and oxygen atoms in total. The van der Waals surface area contributed by atoms with Crippen LogP contribution in [0, 0.1) is 0 Å². The molecule has 506 valence electrons. The minimum absolute atomic E-state index is 0.627. The summed E-state index contributed by atoms with van der Waals surface area (Å²) < 4.78 is 9.80. The molecule has 0 aliphatic heterocycles. The molecule has 0 aliphatic rings. The molecule has 0 saturated heterocycles. The van der Waals surface area contributed by atoms with Gasteiger partial charge in [0.25, 0.3) is 0 Å². The third-order valence-electron chi connectivity index (χ3n) is 23.8. The SMILES string of the molecule is c1ccc(-c2ccc3c(c2)c2cc4c5cc(-c6ccccc6-c6ccc(-c7nc(-n8c9ccccc9c9cc%10c%11ccc(-c%12ccc%13ccccc%13c%12)cc%11n%11c%12ccccc%12c(c98)c%10%11)c8ccccc8n7)cc6)ccc5n5c6ccccc6c(c2n3-c2nc(-c3ccc6ccccc6c3)c3ccccc3n2)c45)cc1. The van der Waals surface area contributed by atoms with Crippen molar-refractivity contribution in [2.75, 3.05) is 0 Å². The van der Waals surface area contributed by atoms with Gasteiger partial charge in [-0.1, -0.05) is 261 Å². The van der Waals surface area contributed by atoms with Gasteiger partial charge in [-0.15, -0.1) is 0 Å². The van der Waals surface area contributed by atoms with Crippen molar-refractivity contribution < 1.29 is 0 Å². The summed E-state index contributed by atoms with van der Waals surface area (Å²) in [6.07, 6.45) is 0. The second-order valence-electron chi connectivity index (χ2n) is 29.6. The molecule has 8 heterocycles. The Kier molecular flexibility index (Phi) is 12.1. The molecule has 8 heteroatoms. The van der Waals surface area contributed by atoms with Crippen molar-refractivity contribution in [2.45, 2.75) is 0 Å². The highest BCUT2D eigenvalue weighted by Gasteiger charge is 2.30. The van der Waals surface area contributed by atoms with Crippen molar-refractivity contribution in [2.24, 2.45) is 0 Å². The van der Waals surface area contributed by atoms with Crippen molar-refractivity contribution >= 4 is 163 Å². The third-order valence-corrected chi connectivity index (χ3v) is 23.8. The molecule has 25 rings (SSSR count). The molecule has 0 N–H and O–H groups in total. The van der Waals surface area contributed by atoms with Gasteiger partial charge in [0.2, 0.25) is 5.95 Å². The van der Waals surface area contributed by atoms with E-state index in [4.69, 9.17) is 19.9 Å². The molecule has 8 aromatic heterocycles. The quantitative estimate of drug-likeness (QED) is 0.152. The van der Waals surface area contributed by atoms with Crippen LogP contribution < -0.4 is 0 Å². The third kappa shape index (κ3) is 8.33. The number of para-hydroxylation sites is 5. The second-order valence-corrected chi connectivity index (χ2v) is 29.6. The highest BCUT2D eigenvalue weighted by Crippen LogP contribution is 2.51. The summed E-state index contributed by atoms with van der Waals surface area (Å²) in [4.78, 5) is 22.4. The Bertz CT molecular complexity index is 8280. The number of rotatable bonds is 8. The van der Waals surface area contributed by atoms with Gasteiger partial charge in [-0.05, 0) is 157 Å². The van der Waals surface area contributed by atoms with Crippen molar-refractivity contribution in [1.82, 2.24) is 37.9 Å². The molecule has 0 fully saturated rings. The van der Waals surface area contributed by atoms with E-state index in [-0.39, 0.29) is 0 Å². The van der Waals surface area contributed by atoms with E-state index in [9.17, 15) is 0 Å². The van der Waals surface area contributed by atoms with Gasteiger partial charge in [-0.25, -0.2) is 19.9 Å². The van der Waals surface area contributed by atoms with Gasteiger partial charge >= 0.3 is 0 Å². The Morgan fingerprint density at radius 2 is 0.645 bits per heavy atom. The van der Waals surface area contributed by atoms with E-state index in [1.807, 2.05) is 0 Å². The van der Waals surface area contributed by atoms with Crippen LogP contribution in [0.25, 0.3) is 242 Å². The summed E-state index contributed by atoms with van der Waals surface area (Å²) in [7, 11) is 0. The molecule has 17 aromatic carbocycles. The molecule has 25 aromatic rings. The first kappa shape index (κ1) is 59.4. The van der Waals surface area contributed by atoms with Gasteiger partial charge in [-0.2, -0.15) is 0 Å². The number of aromatic nitrogens is 8. The van der Waals surface area contributed by atoms with Gasteiger partial charge in [0, 0.05) is 86.5 Å². The smallest absolute Gasteiger partial charge is 0.235 e. The van der Waals surface area contributed by atoms with Crippen LogP contribution in [0.2, 0.25) is 0 Å². The number of fused-ring (bicyclic) bond motifs is 24. The monoisotopic (exact) mass is 1390 g/mol. The fourth-order valence-corrected chi connectivity index (χ4v) is 18.9. The van der Waals surface area contributed by atoms with E-state index >= 15 is 0 Å².